The van der Waals surface area contributed by atoms with Gasteiger partial charge in [-0.15, -0.1) is 0 Å². The van der Waals surface area contributed by atoms with Crippen LogP contribution in [-0.2, 0) is 6.42 Å². The first kappa shape index (κ1) is 12.8. The second-order valence-electron chi connectivity index (χ2n) is 6.18. The van der Waals surface area contributed by atoms with Gasteiger partial charge in [0.15, 0.2) is 0 Å². The molecular weight excluding hydrogens is 256 g/mol. The quantitative estimate of drug-likeness (QED) is 0.892. The zero-order chi connectivity index (χ0) is 14.1. The maximum absolute atomic E-state index is 3.53. The molecule has 2 nitrogen and oxygen atoms in total. The highest BCUT2D eigenvalue weighted by atomic mass is 15.1. The van der Waals surface area contributed by atoms with Crippen molar-refractivity contribution in [2.24, 2.45) is 0 Å². The molecule has 1 atom stereocenters. The van der Waals surface area contributed by atoms with E-state index in [2.05, 4.69) is 58.7 Å². The van der Waals surface area contributed by atoms with Crippen molar-refractivity contribution in [1.29, 1.82) is 0 Å². The molecule has 0 fully saturated rings. The molecule has 2 heterocycles. The van der Waals surface area contributed by atoms with Crippen molar-refractivity contribution in [3.05, 3.63) is 59.7 Å². The summed E-state index contributed by atoms with van der Waals surface area (Å²) in [4.78, 5) is 2.60. The van der Waals surface area contributed by atoms with Crippen molar-refractivity contribution in [1.82, 2.24) is 0 Å². The van der Waals surface area contributed by atoms with E-state index in [0.29, 0.717) is 5.92 Å². The van der Waals surface area contributed by atoms with Crippen LogP contribution in [0.5, 0.6) is 0 Å². The average Bonchev–Trinajstić information content (AvgIpc) is 2.56. The van der Waals surface area contributed by atoms with Gasteiger partial charge in [-0.3, -0.25) is 0 Å². The highest BCUT2D eigenvalue weighted by Crippen LogP contribution is 2.35. The Bertz CT molecular complexity index is 579. The summed E-state index contributed by atoms with van der Waals surface area (Å²) >= 11 is 0. The Morgan fingerprint density at radius 2 is 1.90 bits per heavy atom. The second kappa shape index (κ2) is 5.44. The molecule has 0 radical (unpaired) electrons. The SMILES string of the molecule is c1ccc2c(c1)CCCN2CC1CCNc2ccccc21. The van der Waals surface area contributed by atoms with Crippen molar-refractivity contribution in [3.8, 4) is 0 Å². The smallest absolute Gasteiger partial charge is 0.0398 e. The largest absolute Gasteiger partial charge is 0.385 e. The Labute approximate surface area is 126 Å². The summed E-state index contributed by atoms with van der Waals surface area (Å²) in [6, 6.07) is 17.7. The number of nitrogens with zero attached hydrogens (tertiary/aromatic N) is 1. The zero-order valence-electron chi connectivity index (χ0n) is 12.4. The predicted octanol–water partition coefficient (Wildman–Crippen LogP) is 4.04. The molecule has 21 heavy (non-hydrogen) atoms. The fourth-order valence-electron chi connectivity index (χ4n) is 3.81. The molecule has 2 aliphatic heterocycles. The molecule has 1 unspecified atom stereocenters. The van der Waals surface area contributed by atoms with Gasteiger partial charge in [-0.05, 0) is 42.5 Å². The number of anilines is 2. The molecule has 0 spiro atoms. The van der Waals surface area contributed by atoms with E-state index in [9.17, 15) is 0 Å². The lowest BCUT2D eigenvalue weighted by Crippen LogP contribution is -2.35. The van der Waals surface area contributed by atoms with E-state index in [1.165, 1.54) is 48.3 Å². The predicted molar refractivity (Wildman–Crippen MR) is 89.3 cm³/mol. The summed E-state index contributed by atoms with van der Waals surface area (Å²) in [5, 5.41) is 3.53. The summed E-state index contributed by atoms with van der Waals surface area (Å²) in [7, 11) is 0. The minimum atomic E-state index is 0.647. The minimum Gasteiger partial charge on any atom is -0.385 e. The van der Waals surface area contributed by atoms with E-state index < -0.39 is 0 Å². The van der Waals surface area contributed by atoms with Gasteiger partial charge in [-0.2, -0.15) is 0 Å². The van der Waals surface area contributed by atoms with Crippen LogP contribution < -0.4 is 10.2 Å². The van der Waals surface area contributed by atoms with Gasteiger partial charge in [0.1, 0.15) is 0 Å². The fourth-order valence-corrected chi connectivity index (χ4v) is 3.81. The van der Waals surface area contributed by atoms with Gasteiger partial charge in [0.25, 0.3) is 0 Å². The van der Waals surface area contributed by atoms with Crippen LogP contribution in [0, 0.1) is 0 Å². The highest BCUT2D eigenvalue weighted by molar-refractivity contribution is 5.58. The normalized spacial score (nSPS) is 20.4. The lowest BCUT2D eigenvalue weighted by Gasteiger charge is -2.36. The van der Waals surface area contributed by atoms with Gasteiger partial charge < -0.3 is 10.2 Å². The van der Waals surface area contributed by atoms with Gasteiger partial charge in [0.05, 0.1) is 0 Å². The fraction of sp³-hybridized carbons (Fsp3) is 0.368. The third-order valence-electron chi connectivity index (χ3n) is 4.86. The molecule has 0 amide bonds. The first-order valence-corrected chi connectivity index (χ1v) is 8.07. The Morgan fingerprint density at radius 3 is 2.90 bits per heavy atom. The van der Waals surface area contributed by atoms with Crippen molar-refractivity contribution in [3.63, 3.8) is 0 Å². The number of hydrogen-bond donors (Lipinski definition) is 1. The number of benzene rings is 2. The van der Waals surface area contributed by atoms with E-state index in [1.54, 1.807) is 0 Å². The highest BCUT2D eigenvalue weighted by Gasteiger charge is 2.24. The molecule has 2 aliphatic rings. The van der Waals surface area contributed by atoms with Gasteiger partial charge >= 0.3 is 0 Å². The molecule has 0 aromatic heterocycles. The summed E-state index contributed by atoms with van der Waals surface area (Å²) in [5.74, 6) is 0.647. The second-order valence-corrected chi connectivity index (χ2v) is 6.18. The number of aryl methyl sites for hydroxylation is 1. The van der Waals surface area contributed by atoms with Gasteiger partial charge in [0.2, 0.25) is 0 Å². The van der Waals surface area contributed by atoms with Crippen molar-refractivity contribution in [2.75, 3.05) is 29.9 Å². The maximum Gasteiger partial charge on any atom is 0.0398 e. The molecule has 0 bridgehead atoms. The Hall–Kier alpha value is -1.96. The number of para-hydroxylation sites is 2. The third-order valence-corrected chi connectivity index (χ3v) is 4.86. The summed E-state index contributed by atoms with van der Waals surface area (Å²) < 4.78 is 0. The maximum atomic E-state index is 3.53. The van der Waals surface area contributed by atoms with E-state index in [0.717, 1.165) is 13.1 Å². The van der Waals surface area contributed by atoms with Crippen molar-refractivity contribution >= 4 is 11.4 Å². The standard InChI is InChI=1S/C19H22N2/c1-4-10-19-15(6-1)7-5-13-21(19)14-16-11-12-20-18-9-3-2-8-17(16)18/h1-4,6,8-10,16,20H,5,7,11-14H2. The molecule has 0 aliphatic carbocycles. The van der Waals surface area contributed by atoms with Crippen LogP contribution in [0.25, 0.3) is 0 Å². The van der Waals surface area contributed by atoms with Crippen LogP contribution in [0.2, 0.25) is 0 Å². The molecule has 108 valence electrons. The topological polar surface area (TPSA) is 15.3 Å². The first-order chi connectivity index (χ1) is 10.4. The zero-order valence-corrected chi connectivity index (χ0v) is 12.4. The van der Waals surface area contributed by atoms with E-state index >= 15 is 0 Å². The number of nitrogens with one attached hydrogen (secondary N) is 1. The Morgan fingerprint density at radius 1 is 1.05 bits per heavy atom. The molecule has 0 saturated heterocycles. The number of hydrogen-bond acceptors (Lipinski definition) is 2. The summed E-state index contributed by atoms with van der Waals surface area (Å²) in [6.07, 6.45) is 3.74. The lowest BCUT2D eigenvalue weighted by molar-refractivity contribution is 0.579. The van der Waals surface area contributed by atoms with Crippen LogP contribution in [0.4, 0.5) is 11.4 Å². The Balaban J connectivity index is 1.61. The molecule has 2 aromatic rings. The Kier molecular flexibility index (Phi) is 3.30. The van der Waals surface area contributed by atoms with Crippen LogP contribution in [-0.4, -0.2) is 19.6 Å². The van der Waals surface area contributed by atoms with Gasteiger partial charge in [-0.25, -0.2) is 0 Å². The number of fused-ring (bicyclic) bond motifs is 2. The van der Waals surface area contributed by atoms with Crippen LogP contribution >= 0.6 is 0 Å². The average molecular weight is 278 g/mol. The van der Waals surface area contributed by atoms with Crippen LogP contribution in [0.15, 0.2) is 48.5 Å². The van der Waals surface area contributed by atoms with Crippen molar-refractivity contribution in [2.45, 2.75) is 25.2 Å². The molecule has 1 N–H and O–H groups in total. The third kappa shape index (κ3) is 2.39. The van der Waals surface area contributed by atoms with Crippen LogP contribution in [0.1, 0.15) is 29.9 Å². The van der Waals surface area contributed by atoms with E-state index in [1.807, 2.05) is 0 Å². The lowest BCUT2D eigenvalue weighted by atomic mass is 9.89. The minimum absolute atomic E-state index is 0.647. The monoisotopic (exact) mass is 278 g/mol. The molecule has 2 aromatic carbocycles. The first-order valence-electron chi connectivity index (χ1n) is 8.07. The molecule has 0 saturated carbocycles. The van der Waals surface area contributed by atoms with E-state index in [-0.39, 0.29) is 0 Å². The molecular formula is C19H22N2. The summed E-state index contributed by atoms with van der Waals surface area (Å²) in [6.45, 7) is 3.44. The number of rotatable bonds is 2. The van der Waals surface area contributed by atoms with Crippen LogP contribution in [0.3, 0.4) is 0 Å². The van der Waals surface area contributed by atoms with Crippen molar-refractivity contribution < 1.29 is 0 Å². The molecule has 2 heteroatoms. The summed E-state index contributed by atoms with van der Waals surface area (Å²) in [5.41, 5.74) is 5.80. The van der Waals surface area contributed by atoms with Gasteiger partial charge in [-0.1, -0.05) is 36.4 Å². The molecule has 4 rings (SSSR count). The van der Waals surface area contributed by atoms with E-state index in [4.69, 9.17) is 0 Å². The van der Waals surface area contributed by atoms with Gasteiger partial charge in [0, 0.05) is 36.9 Å².